The zero-order valence-corrected chi connectivity index (χ0v) is 11.0. The van der Waals surface area contributed by atoms with Crippen LogP contribution >= 0.6 is 0 Å². The average Bonchev–Trinajstić information content (AvgIpc) is 2.60. The van der Waals surface area contributed by atoms with Crippen LogP contribution in [0.4, 0.5) is 0 Å². The number of rotatable bonds is 0. The molecule has 1 saturated carbocycles. The SMILES string of the molecule is CC1=C2C3OC(=O)C(C)C3CCC2(C)C(=O)C=C1. The fraction of sp³-hybridized carbons (Fsp3) is 0.600. The molecule has 0 spiro atoms. The topological polar surface area (TPSA) is 43.4 Å². The van der Waals surface area contributed by atoms with Crippen molar-refractivity contribution in [3.8, 4) is 0 Å². The van der Waals surface area contributed by atoms with E-state index in [4.69, 9.17) is 4.74 Å². The summed E-state index contributed by atoms with van der Waals surface area (Å²) in [6, 6.07) is 0. The molecule has 1 saturated heterocycles. The second-order valence-corrected chi connectivity index (χ2v) is 5.98. The largest absolute Gasteiger partial charge is 0.457 e. The molecule has 0 amide bonds. The molecule has 2 aliphatic carbocycles. The highest BCUT2D eigenvalue weighted by Gasteiger charge is 2.54. The number of hydrogen-bond donors (Lipinski definition) is 0. The third-order valence-electron chi connectivity index (χ3n) is 4.96. The lowest BCUT2D eigenvalue weighted by atomic mass is 9.60. The maximum atomic E-state index is 12.2. The van der Waals surface area contributed by atoms with Crippen LogP contribution < -0.4 is 0 Å². The van der Waals surface area contributed by atoms with E-state index < -0.39 is 5.41 Å². The van der Waals surface area contributed by atoms with Crippen LogP contribution in [0.15, 0.2) is 23.3 Å². The van der Waals surface area contributed by atoms with Crippen molar-refractivity contribution in [2.75, 3.05) is 0 Å². The van der Waals surface area contributed by atoms with E-state index in [0.717, 1.165) is 24.0 Å². The van der Waals surface area contributed by atoms with E-state index in [0.29, 0.717) is 0 Å². The normalized spacial score (nSPS) is 42.7. The number of carbonyl (C=O) groups excluding carboxylic acids is 2. The van der Waals surface area contributed by atoms with Crippen LogP contribution in [0, 0.1) is 17.3 Å². The van der Waals surface area contributed by atoms with Gasteiger partial charge in [-0.25, -0.2) is 0 Å². The molecule has 1 heterocycles. The van der Waals surface area contributed by atoms with Crippen LogP contribution in [0.3, 0.4) is 0 Å². The highest BCUT2D eigenvalue weighted by atomic mass is 16.6. The van der Waals surface area contributed by atoms with E-state index in [1.807, 2.05) is 26.8 Å². The van der Waals surface area contributed by atoms with Crippen molar-refractivity contribution in [2.24, 2.45) is 17.3 Å². The molecule has 0 bridgehead atoms. The molecule has 1 aliphatic heterocycles. The van der Waals surface area contributed by atoms with E-state index in [1.165, 1.54) is 0 Å². The van der Waals surface area contributed by atoms with Crippen LogP contribution in [0.2, 0.25) is 0 Å². The Morgan fingerprint density at radius 1 is 1.33 bits per heavy atom. The van der Waals surface area contributed by atoms with Gasteiger partial charge in [-0.1, -0.05) is 13.0 Å². The molecular formula is C15H18O3. The summed E-state index contributed by atoms with van der Waals surface area (Å²) < 4.78 is 5.55. The Labute approximate surface area is 107 Å². The van der Waals surface area contributed by atoms with Gasteiger partial charge in [-0.15, -0.1) is 0 Å². The first-order valence-electron chi connectivity index (χ1n) is 6.59. The molecule has 3 aliphatic rings. The van der Waals surface area contributed by atoms with Gasteiger partial charge in [0.05, 0.1) is 11.3 Å². The second-order valence-electron chi connectivity index (χ2n) is 5.98. The molecule has 0 aromatic rings. The first-order chi connectivity index (χ1) is 8.45. The molecule has 0 aromatic carbocycles. The van der Waals surface area contributed by atoms with Gasteiger partial charge in [0, 0.05) is 5.92 Å². The van der Waals surface area contributed by atoms with Gasteiger partial charge in [-0.05, 0) is 43.9 Å². The van der Waals surface area contributed by atoms with Crippen molar-refractivity contribution in [3.05, 3.63) is 23.3 Å². The lowest BCUT2D eigenvalue weighted by Gasteiger charge is -2.42. The van der Waals surface area contributed by atoms with E-state index >= 15 is 0 Å². The minimum Gasteiger partial charge on any atom is -0.457 e. The molecule has 0 aromatic heterocycles. The lowest BCUT2D eigenvalue weighted by Crippen LogP contribution is -2.43. The third-order valence-corrected chi connectivity index (χ3v) is 4.96. The standard InChI is InChI=1S/C15H18O3/c1-8-4-5-11(16)15(3)7-6-10-9(2)14(17)18-13(10)12(8)15/h4-5,9-10,13H,6-7H2,1-3H3. The molecule has 18 heavy (non-hydrogen) atoms. The molecule has 4 unspecified atom stereocenters. The fourth-order valence-electron chi connectivity index (χ4n) is 3.73. The van der Waals surface area contributed by atoms with Gasteiger partial charge in [-0.2, -0.15) is 0 Å². The minimum atomic E-state index is -0.454. The fourth-order valence-corrected chi connectivity index (χ4v) is 3.73. The summed E-state index contributed by atoms with van der Waals surface area (Å²) in [7, 11) is 0. The van der Waals surface area contributed by atoms with Crippen molar-refractivity contribution < 1.29 is 14.3 Å². The zero-order valence-electron chi connectivity index (χ0n) is 11.0. The lowest BCUT2D eigenvalue weighted by molar-refractivity contribution is -0.144. The highest BCUT2D eigenvalue weighted by Crippen LogP contribution is 2.52. The number of carbonyl (C=O) groups is 2. The summed E-state index contributed by atoms with van der Waals surface area (Å²) in [6.45, 7) is 5.94. The first kappa shape index (κ1) is 11.7. The number of esters is 1. The van der Waals surface area contributed by atoms with E-state index in [2.05, 4.69) is 0 Å². The number of allylic oxidation sites excluding steroid dienone is 3. The Morgan fingerprint density at radius 3 is 2.78 bits per heavy atom. The van der Waals surface area contributed by atoms with E-state index in [9.17, 15) is 9.59 Å². The molecule has 96 valence electrons. The molecule has 3 rings (SSSR count). The van der Waals surface area contributed by atoms with Gasteiger partial charge in [0.2, 0.25) is 0 Å². The molecule has 0 N–H and O–H groups in total. The van der Waals surface area contributed by atoms with Gasteiger partial charge >= 0.3 is 5.97 Å². The molecular weight excluding hydrogens is 228 g/mol. The van der Waals surface area contributed by atoms with Crippen LogP contribution in [0.25, 0.3) is 0 Å². The first-order valence-corrected chi connectivity index (χ1v) is 6.59. The van der Waals surface area contributed by atoms with Crippen molar-refractivity contribution in [1.82, 2.24) is 0 Å². The minimum absolute atomic E-state index is 0.0409. The van der Waals surface area contributed by atoms with E-state index in [1.54, 1.807) is 6.08 Å². The maximum Gasteiger partial charge on any atom is 0.309 e. The average molecular weight is 246 g/mol. The van der Waals surface area contributed by atoms with Crippen LogP contribution in [-0.4, -0.2) is 17.9 Å². The molecule has 4 atom stereocenters. The summed E-state index contributed by atoms with van der Waals surface area (Å²) >= 11 is 0. The smallest absolute Gasteiger partial charge is 0.309 e. The monoisotopic (exact) mass is 246 g/mol. The van der Waals surface area contributed by atoms with Gasteiger partial charge in [-0.3, -0.25) is 9.59 Å². The van der Waals surface area contributed by atoms with Gasteiger partial charge in [0.1, 0.15) is 6.10 Å². The number of ketones is 1. The van der Waals surface area contributed by atoms with Crippen molar-refractivity contribution >= 4 is 11.8 Å². The number of hydrogen-bond acceptors (Lipinski definition) is 3. The van der Waals surface area contributed by atoms with Crippen molar-refractivity contribution in [1.29, 1.82) is 0 Å². The van der Waals surface area contributed by atoms with Crippen LogP contribution in [0.5, 0.6) is 0 Å². The second kappa shape index (κ2) is 3.56. The Bertz CT molecular complexity index is 500. The summed E-state index contributed by atoms with van der Waals surface area (Å²) in [4.78, 5) is 23.9. The molecule has 2 fully saturated rings. The quantitative estimate of drug-likeness (QED) is 0.616. The summed E-state index contributed by atoms with van der Waals surface area (Å²) in [6.07, 6.45) is 5.06. The van der Waals surface area contributed by atoms with Crippen molar-refractivity contribution in [3.63, 3.8) is 0 Å². The molecule has 3 heteroatoms. The zero-order chi connectivity index (χ0) is 13.1. The predicted octanol–water partition coefficient (Wildman–Crippen LogP) is 2.42. The number of ether oxygens (including phenoxy) is 1. The highest BCUT2D eigenvalue weighted by molar-refractivity contribution is 5.99. The number of fused-ring (bicyclic) bond motifs is 3. The van der Waals surface area contributed by atoms with Gasteiger partial charge in [0.15, 0.2) is 5.78 Å². The molecule has 3 nitrogen and oxygen atoms in total. The third kappa shape index (κ3) is 1.30. The van der Waals surface area contributed by atoms with Gasteiger partial charge < -0.3 is 4.74 Å². The molecule has 0 radical (unpaired) electrons. The maximum absolute atomic E-state index is 12.2. The Morgan fingerprint density at radius 2 is 2.06 bits per heavy atom. The van der Waals surface area contributed by atoms with Crippen molar-refractivity contribution in [2.45, 2.75) is 39.7 Å². The Hall–Kier alpha value is -1.38. The summed E-state index contributed by atoms with van der Waals surface area (Å²) in [5.74, 6) is 0.240. The van der Waals surface area contributed by atoms with Crippen LogP contribution in [0.1, 0.15) is 33.6 Å². The van der Waals surface area contributed by atoms with Crippen LogP contribution in [-0.2, 0) is 14.3 Å². The summed E-state index contributed by atoms with van der Waals surface area (Å²) in [5.41, 5.74) is 1.68. The Kier molecular flexibility index (Phi) is 2.31. The van der Waals surface area contributed by atoms with Gasteiger partial charge in [0.25, 0.3) is 0 Å². The van der Waals surface area contributed by atoms with E-state index in [-0.39, 0.29) is 29.7 Å². The summed E-state index contributed by atoms with van der Waals surface area (Å²) in [5, 5.41) is 0. The predicted molar refractivity (Wildman–Crippen MR) is 66.7 cm³/mol. The Balaban J connectivity index is 2.11.